The number of aromatic nitrogens is 2. The molecular formula is C7H12N4O. The Labute approximate surface area is 70.5 Å². The molecule has 5 heteroatoms. The zero-order valence-electron chi connectivity index (χ0n) is 6.88. The molecule has 0 spiro atoms. The summed E-state index contributed by atoms with van der Waals surface area (Å²) in [6.45, 7) is 1.95. The van der Waals surface area contributed by atoms with Crippen LogP contribution in [0.2, 0.25) is 0 Å². The van der Waals surface area contributed by atoms with Crippen LogP contribution in [0.1, 0.15) is 19.4 Å². The van der Waals surface area contributed by atoms with Crippen LogP contribution in [0, 0.1) is 0 Å². The molecule has 0 amide bonds. The molecule has 12 heavy (non-hydrogen) atoms. The van der Waals surface area contributed by atoms with Gasteiger partial charge >= 0.3 is 0 Å². The van der Waals surface area contributed by atoms with Crippen LogP contribution in [0.3, 0.4) is 0 Å². The average molecular weight is 168 g/mol. The highest BCUT2D eigenvalue weighted by molar-refractivity contribution is 5.79. The molecular weight excluding hydrogens is 156 g/mol. The van der Waals surface area contributed by atoms with Crippen LogP contribution in [0.5, 0.6) is 0 Å². The van der Waals surface area contributed by atoms with Crippen molar-refractivity contribution in [3.63, 3.8) is 0 Å². The summed E-state index contributed by atoms with van der Waals surface area (Å²) in [7, 11) is 0. The smallest absolute Gasteiger partial charge is 0.141 e. The Bertz CT molecular complexity index is 254. The lowest BCUT2D eigenvalue weighted by molar-refractivity contribution is 0.315. The number of oxime groups is 1. The third kappa shape index (κ3) is 1.98. The van der Waals surface area contributed by atoms with Crippen molar-refractivity contribution in [3.8, 4) is 0 Å². The van der Waals surface area contributed by atoms with E-state index in [9.17, 15) is 0 Å². The van der Waals surface area contributed by atoms with Crippen LogP contribution in [0.4, 0.5) is 0 Å². The minimum Gasteiger partial charge on any atom is -0.409 e. The zero-order valence-corrected chi connectivity index (χ0v) is 6.88. The van der Waals surface area contributed by atoms with Crippen LogP contribution in [0.15, 0.2) is 23.6 Å². The predicted molar refractivity (Wildman–Crippen MR) is 45.0 cm³/mol. The fourth-order valence-corrected chi connectivity index (χ4v) is 0.978. The summed E-state index contributed by atoms with van der Waals surface area (Å²) in [5.41, 5.74) is 5.34. The van der Waals surface area contributed by atoms with Gasteiger partial charge in [-0.2, -0.15) is 5.10 Å². The van der Waals surface area contributed by atoms with E-state index in [1.54, 1.807) is 10.9 Å². The predicted octanol–water partition coefficient (Wildman–Crippen LogP) is 0.581. The molecule has 0 saturated carbocycles. The summed E-state index contributed by atoms with van der Waals surface area (Å²) in [5, 5.41) is 15.2. The fraction of sp³-hybridized carbons (Fsp3) is 0.429. The van der Waals surface area contributed by atoms with Crippen LogP contribution in [0.25, 0.3) is 0 Å². The molecule has 3 N–H and O–H groups in total. The summed E-state index contributed by atoms with van der Waals surface area (Å²) < 4.78 is 1.76. The molecule has 0 radical (unpaired) electrons. The monoisotopic (exact) mass is 168 g/mol. The number of hydrogen-bond acceptors (Lipinski definition) is 3. The Morgan fingerprint density at radius 2 is 2.58 bits per heavy atom. The van der Waals surface area contributed by atoms with Crippen molar-refractivity contribution in [2.45, 2.75) is 19.4 Å². The van der Waals surface area contributed by atoms with Gasteiger partial charge in [-0.05, 0) is 13.0 Å². The van der Waals surface area contributed by atoms with Crippen molar-refractivity contribution in [3.05, 3.63) is 18.5 Å². The molecule has 1 rings (SSSR count). The van der Waals surface area contributed by atoms with Crippen molar-refractivity contribution < 1.29 is 5.21 Å². The second-order valence-electron chi connectivity index (χ2n) is 2.63. The van der Waals surface area contributed by atoms with Crippen LogP contribution >= 0.6 is 0 Å². The van der Waals surface area contributed by atoms with Crippen molar-refractivity contribution in [1.29, 1.82) is 0 Å². The maximum atomic E-state index is 8.31. The maximum Gasteiger partial charge on any atom is 0.141 e. The van der Waals surface area contributed by atoms with Gasteiger partial charge in [0.05, 0.1) is 6.04 Å². The van der Waals surface area contributed by atoms with E-state index in [0.29, 0.717) is 6.42 Å². The molecule has 0 saturated heterocycles. The summed E-state index contributed by atoms with van der Waals surface area (Å²) in [6.07, 6.45) is 4.04. The number of rotatable bonds is 3. The van der Waals surface area contributed by atoms with Crippen molar-refractivity contribution in [1.82, 2.24) is 9.78 Å². The van der Waals surface area contributed by atoms with E-state index in [2.05, 4.69) is 10.3 Å². The van der Waals surface area contributed by atoms with E-state index in [1.807, 2.05) is 19.2 Å². The first-order chi connectivity index (χ1) is 5.74. The third-order valence-corrected chi connectivity index (χ3v) is 1.61. The highest BCUT2D eigenvalue weighted by atomic mass is 16.4. The first-order valence-corrected chi connectivity index (χ1v) is 3.69. The quantitative estimate of drug-likeness (QED) is 0.300. The van der Waals surface area contributed by atoms with E-state index in [0.717, 1.165) is 0 Å². The summed E-state index contributed by atoms with van der Waals surface area (Å²) in [5.74, 6) is 0.220. The fourth-order valence-electron chi connectivity index (χ4n) is 0.978. The van der Waals surface area contributed by atoms with E-state index >= 15 is 0 Å². The Morgan fingerprint density at radius 1 is 1.83 bits per heavy atom. The van der Waals surface area contributed by atoms with Gasteiger partial charge in [0, 0.05) is 18.8 Å². The zero-order chi connectivity index (χ0) is 8.97. The second kappa shape index (κ2) is 3.75. The lowest BCUT2D eigenvalue weighted by Gasteiger charge is -2.09. The minimum atomic E-state index is 0.121. The first-order valence-electron chi connectivity index (χ1n) is 3.69. The van der Waals surface area contributed by atoms with Gasteiger partial charge in [-0.15, -0.1) is 0 Å². The molecule has 1 unspecified atom stereocenters. The molecule has 0 aliphatic carbocycles. The molecule has 66 valence electrons. The van der Waals surface area contributed by atoms with Crippen LogP contribution in [-0.2, 0) is 0 Å². The number of nitrogens with two attached hydrogens (primary N) is 1. The minimum absolute atomic E-state index is 0.121. The molecule has 0 aliphatic rings. The van der Waals surface area contributed by atoms with E-state index in [4.69, 9.17) is 10.9 Å². The second-order valence-corrected chi connectivity index (χ2v) is 2.63. The number of amidine groups is 1. The van der Waals surface area contributed by atoms with E-state index in [-0.39, 0.29) is 11.9 Å². The molecule has 5 nitrogen and oxygen atoms in total. The Hall–Kier alpha value is -1.52. The lowest BCUT2D eigenvalue weighted by atomic mass is 10.2. The molecule has 1 heterocycles. The molecule has 0 fully saturated rings. The molecule has 0 aromatic carbocycles. The Morgan fingerprint density at radius 3 is 3.08 bits per heavy atom. The Balaban J connectivity index is 2.55. The van der Waals surface area contributed by atoms with Gasteiger partial charge in [-0.25, -0.2) is 0 Å². The van der Waals surface area contributed by atoms with Gasteiger partial charge in [-0.3, -0.25) is 4.68 Å². The summed E-state index contributed by atoms with van der Waals surface area (Å²) in [6, 6.07) is 1.96. The van der Waals surface area contributed by atoms with Crippen LogP contribution in [-0.4, -0.2) is 20.8 Å². The highest BCUT2D eigenvalue weighted by Gasteiger charge is 2.06. The molecule has 1 aromatic rings. The summed E-state index contributed by atoms with van der Waals surface area (Å²) in [4.78, 5) is 0. The largest absolute Gasteiger partial charge is 0.409 e. The highest BCUT2D eigenvalue weighted by Crippen LogP contribution is 2.07. The van der Waals surface area contributed by atoms with Crippen LogP contribution < -0.4 is 5.73 Å². The topological polar surface area (TPSA) is 76.4 Å². The molecule has 1 atom stereocenters. The van der Waals surface area contributed by atoms with Gasteiger partial charge in [-0.1, -0.05) is 5.16 Å². The first kappa shape index (κ1) is 8.58. The number of nitrogens with zero attached hydrogens (tertiary/aromatic N) is 3. The molecule has 0 bridgehead atoms. The van der Waals surface area contributed by atoms with Gasteiger partial charge < -0.3 is 10.9 Å². The van der Waals surface area contributed by atoms with E-state index < -0.39 is 0 Å². The summed E-state index contributed by atoms with van der Waals surface area (Å²) >= 11 is 0. The van der Waals surface area contributed by atoms with Gasteiger partial charge in [0.25, 0.3) is 0 Å². The van der Waals surface area contributed by atoms with Crippen molar-refractivity contribution >= 4 is 5.84 Å². The molecule has 1 aromatic heterocycles. The van der Waals surface area contributed by atoms with Gasteiger partial charge in [0.1, 0.15) is 5.84 Å². The SMILES string of the molecule is CC(CC(N)=NO)n1cccn1. The molecule has 0 aliphatic heterocycles. The Kier molecular flexibility index (Phi) is 2.68. The van der Waals surface area contributed by atoms with Gasteiger partial charge in [0.15, 0.2) is 0 Å². The maximum absolute atomic E-state index is 8.31. The lowest BCUT2D eigenvalue weighted by Crippen LogP contribution is -2.18. The number of hydrogen-bond donors (Lipinski definition) is 2. The average Bonchev–Trinajstić information content (AvgIpc) is 2.56. The van der Waals surface area contributed by atoms with Crippen molar-refractivity contribution in [2.24, 2.45) is 10.9 Å². The van der Waals surface area contributed by atoms with Crippen molar-refractivity contribution in [2.75, 3.05) is 0 Å². The standard InChI is InChI=1S/C7H12N4O/c1-6(5-7(8)10-12)11-4-2-3-9-11/h2-4,6,12H,5H2,1H3,(H2,8,10). The third-order valence-electron chi connectivity index (χ3n) is 1.61. The normalized spacial score (nSPS) is 14.6. The van der Waals surface area contributed by atoms with E-state index in [1.165, 1.54) is 0 Å². The van der Waals surface area contributed by atoms with Gasteiger partial charge in [0.2, 0.25) is 0 Å².